The van der Waals surface area contributed by atoms with E-state index in [9.17, 15) is 18.0 Å². The number of ether oxygens (including phenoxy) is 2. The number of hydrogen-bond acceptors (Lipinski definition) is 8. The van der Waals surface area contributed by atoms with Gasteiger partial charge in [-0.2, -0.15) is 13.2 Å². The quantitative estimate of drug-likeness (QED) is 0.575. The Morgan fingerprint density at radius 3 is 2.48 bits per heavy atom. The van der Waals surface area contributed by atoms with Crippen molar-refractivity contribution in [3.8, 4) is 0 Å². The van der Waals surface area contributed by atoms with Gasteiger partial charge in [-0.05, 0) is 44.4 Å². The van der Waals surface area contributed by atoms with E-state index >= 15 is 0 Å². The maximum absolute atomic E-state index is 13.5. The van der Waals surface area contributed by atoms with Gasteiger partial charge in [0.05, 0.1) is 18.3 Å². The number of benzene rings is 1. The first-order chi connectivity index (χ1) is 19.2. The number of hydrogen-bond donors (Lipinski definition) is 1. The number of rotatable bonds is 6. The van der Waals surface area contributed by atoms with Crippen molar-refractivity contribution in [3.05, 3.63) is 47.4 Å². The molecule has 0 radical (unpaired) electrons. The highest BCUT2D eigenvalue weighted by Gasteiger charge is 2.33. The average molecular weight is 563 g/mol. The molecule has 0 spiro atoms. The monoisotopic (exact) mass is 562 g/mol. The molecule has 1 aromatic heterocycles. The molecule has 9 nitrogen and oxygen atoms in total. The first-order valence-corrected chi connectivity index (χ1v) is 13.9. The van der Waals surface area contributed by atoms with Gasteiger partial charge in [0.15, 0.2) is 0 Å². The van der Waals surface area contributed by atoms with Gasteiger partial charge in [-0.25, -0.2) is 9.97 Å². The van der Waals surface area contributed by atoms with Gasteiger partial charge in [-0.3, -0.25) is 4.79 Å². The molecule has 0 saturated carbocycles. The van der Waals surface area contributed by atoms with Crippen LogP contribution in [0.2, 0.25) is 0 Å². The van der Waals surface area contributed by atoms with Gasteiger partial charge in [0, 0.05) is 76.3 Å². The lowest BCUT2D eigenvalue weighted by atomic mass is 9.99. The van der Waals surface area contributed by atoms with E-state index in [0.29, 0.717) is 69.1 Å². The van der Waals surface area contributed by atoms with Crippen molar-refractivity contribution in [2.75, 3.05) is 69.4 Å². The van der Waals surface area contributed by atoms with Crippen molar-refractivity contribution in [3.63, 3.8) is 0 Å². The van der Waals surface area contributed by atoms with Gasteiger partial charge in [0.25, 0.3) is 5.91 Å². The molecule has 1 aromatic carbocycles. The van der Waals surface area contributed by atoms with E-state index in [1.54, 1.807) is 13.2 Å². The Bertz CT molecular complexity index is 1170. The summed E-state index contributed by atoms with van der Waals surface area (Å²) in [7, 11) is 1.71. The second-order valence-electron chi connectivity index (χ2n) is 10.7. The SMILES string of the molecule is COC1COCCC1NC1CCN(C(=O)c2ncnc(N3CCN(c4cccc(C(F)(F)F)c4)CC3)c2C)CC1. The molecule has 12 heteroatoms. The molecule has 1 N–H and O–H groups in total. The topological polar surface area (TPSA) is 83.1 Å². The molecule has 0 bridgehead atoms. The summed E-state index contributed by atoms with van der Waals surface area (Å²) in [5.74, 6) is 0.603. The molecule has 1 amide bonds. The van der Waals surface area contributed by atoms with Gasteiger partial charge >= 0.3 is 6.18 Å². The van der Waals surface area contributed by atoms with E-state index in [2.05, 4.69) is 20.2 Å². The van der Waals surface area contributed by atoms with Crippen LogP contribution in [0.5, 0.6) is 0 Å². The number of carbonyl (C=O) groups is 1. The van der Waals surface area contributed by atoms with Crippen molar-refractivity contribution < 1.29 is 27.4 Å². The highest BCUT2D eigenvalue weighted by Crippen LogP contribution is 2.32. The van der Waals surface area contributed by atoms with Crippen molar-refractivity contribution in [2.24, 2.45) is 0 Å². The molecule has 0 aliphatic carbocycles. The summed E-state index contributed by atoms with van der Waals surface area (Å²) in [4.78, 5) is 28.2. The van der Waals surface area contributed by atoms with Crippen LogP contribution in [0.25, 0.3) is 0 Å². The summed E-state index contributed by atoms with van der Waals surface area (Å²) < 4.78 is 50.6. The van der Waals surface area contributed by atoms with Crippen LogP contribution in [0, 0.1) is 6.92 Å². The molecule has 4 heterocycles. The van der Waals surface area contributed by atoms with Crippen molar-refractivity contribution in [1.29, 1.82) is 0 Å². The van der Waals surface area contributed by atoms with Crippen LogP contribution in [0.1, 0.15) is 40.9 Å². The van der Waals surface area contributed by atoms with Crippen LogP contribution < -0.4 is 15.1 Å². The number of carbonyl (C=O) groups excluding carboxylic acids is 1. The Labute approximate surface area is 232 Å². The number of halogens is 3. The normalized spacial score (nSPS) is 23.0. The van der Waals surface area contributed by atoms with Crippen molar-refractivity contribution >= 4 is 17.4 Å². The number of piperazine rings is 1. The number of amides is 1. The molecule has 3 aliphatic heterocycles. The molecular formula is C28H37F3N6O3. The van der Waals surface area contributed by atoms with Crippen LogP contribution >= 0.6 is 0 Å². The molecule has 3 saturated heterocycles. The third-order valence-corrected chi connectivity index (χ3v) is 8.22. The average Bonchev–Trinajstić information content (AvgIpc) is 2.97. The molecule has 2 aromatic rings. The number of anilines is 2. The molecule has 5 rings (SSSR count). The zero-order valence-electron chi connectivity index (χ0n) is 23.0. The number of methoxy groups -OCH3 is 1. The fraction of sp³-hybridized carbons (Fsp3) is 0.607. The van der Waals surface area contributed by atoms with Gasteiger partial charge < -0.3 is 29.5 Å². The van der Waals surface area contributed by atoms with Gasteiger partial charge in [-0.15, -0.1) is 0 Å². The standard InChI is InChI=1S/C28H37F3N6O3/c1-19-25(27(38)37-9-6-21(7-10-37)34-23-8-15-40-17-24(23)39-2)32-18-33-26(19)36-13-11-35(12-14-36)22-5-3-4-20(16-22)28(29,30)31/h3-5,16,18,21,23-24,34H,6-15,17H2,1-2H3. The second-order valence-corrected chi connectivity index (χ2v) is 10.7. The molecule has 3 fully saturated rings. The Hall–Kier alpha value is -2.96. The summed E-state index contributed by atoms with van der Waals surface area (Å²) in [5, 5.41) is 3.71. The number of alkyl halides is 3. The summed E-state index contributed by atoms with van der Waals surface area (Å²) in [6.07, 6.45) is -0.277. The maximum atomic E-state index is 13.5. The van der Waals surface area contributed by atoms with E-state index < -0.39 is 11.7 Å². The van der Waals surface area contributed by atoms with Crippen LogP contribution in [-0.2, 0) is 15.7 Å². The van der Waals surface area contributed by atoms with E-state index in [4.69, 9.17) is 9.47 Å². The smallest absolute Gasteiger partial charge is 0.379 e. The van der Waals surface area contributed by atoms with Gasteiger partial charge in [0.1, 0.15) is 17.8 Å². The minimum atomic E-state index is -4.37. The summed E-state index contributed by atoms with van der Waals surface area (Å²) >= 11 is 0. The lowest BCUT2D eigenvalue weighted by molar-refractivity contribution is -0.137. The van der Waals surface area contributed by atoms with E-state index in [1.165, 1.54) is 18.5 Å². The van der Waals surface area contributed by atoms with E-state index in [1.807, 2.05) is 16.7 Å². The molecular weight excluding hydrogens is 525 g/mol. The summed E-state index contributed by atoms with van der Waals surface area (Å²) in [6, 6.07) is 6.00. The van der Waals surface area contributed by atoms with Crippen LogP contribution in [0.4, 0.5) is 24.7 Å². The third kappa shape index (κ3) is 6.34. The van der Waals surface area contributed by atoms with Crippen molar-refractivity contribution in [1.82, 2.24) is 20.2 Å². The minimum Gasteiger partial charge on any atom is -0.379 e. The van der Waals surface area contributed by atoms with E-state index in [-0.39, 0.29) is 18.1 Å². The lowest BCUT2D eigenvalue weighted by Crippen LogP contribution is -2.54. The Balaban J connectivity index is 1.18. The fourth-order valence-corrected chi connectivity index (χ4v) is 5.87. The second kappa shape index (κ2) is 12.3. The predicted octanol–water partition coefficient (Wildman–Crippen LogP) is 3.13. The largest absolute Gasteiger partial charge is 0.416 e. The van der Waals surface area contributed by atoms with Crippen LogP contribution in [0.3, 0.4) is 0 Å². The fourth-order valence-electron chi connectivity index (χ4n) is 5.87. The first-order valence-electron chi connectivity index (χ1n) is 13.9. The zero-order valence-corrected chi connectivity index (χ0v) is 23.0. The predicted molar refractivity (Wildman–Crippen MR) is 145 cm³/mol. The van der Waals surface area contributed by atoms with Crippen LogP contribution in [0.15, 0.2) is 30.6 Å². The number of nitrogens with one attached hydrogen (secondary N) is 1. The summed E-state index contributed by atoms with van der Waals surface area (Å²) in [5.41, 5.74) is 1.04. The highest BCUT2D eigenvalue weighted by molar-refractivity contribution is 5.94. The number of likely N-dealkylation sites (tertiary alicyclic amines) is 1. The van der Waals surface area contributed by atoms with Gasteiger partial charge in [0.2, 0.25) is 0 Å². The Kier molecular flexibility index (Phi) is 8.77. The molecule has 2 unspecified atom stereocenters. The number of piperidine rings is 1. The maximum Gasteiger partial charge on any atom is 0.416 e. The van der Waals surface area contributed by atoms with E-state index in [0.717, 1.165) is 37.5 Å². The number of aromatic nitrogens is 2. The number of nitrogens with zero attached hydrogens (tertiary/aromatic N) is 5. The highest BCUT2D eigenvalue weighted by atomic mass is 19.4. The molecule has 3 aliphatic rings. The van der Waals surface area contributed by atoms with Crippen LogP contribution in [-0.4, -0.2) is 98.6 Å². The zero-order chi connectivity index (χ0) is 28.3. The molecule has 2 atom stereocenters. The van der Waals surface area contributed by atoms with Crippen molar-refractivity contribution in [2.45, 2.75) is 50.6 Å². The van der Waals surface area contributed by atoms with Gasteiger partial charge in [-0.1, -0.05) is 6.07 Å². The lowest BCUT2D eigenvalue weighted by Gasteiger charge is -2.38. The minimum absolute atomic E-state index is 0.0439. The first kappa shape index (κ1) is 28.6. The molecule has 40 heavy (non-hydrogen) atoms. The Morgan fingerprint density at radius 2 is 1.77 bits per heavy atom. The summed E-state index contributed by atoms with van der Waals surface area (Å²) in [6.45, 7) is 6.73. The third-order valence-electron chi connectivity index (χ3n) is 8.22. The molecule has 218 valence electrons. The Morgan fingerprint density at radius 1 is 1.05 bits per heavy atom.